The van der Waals surface area contributed by atoms with Gasteiger partial charge >= 0.3 is 5.97 Å². The van der Waals surface area contributed by atoms with Crippen LogP contribution in [0.1, 0.15) is 16.6 Å². The van der Waals surface area contributed by atoms with E-state index in [9.17, 15) is 18.0 Å². The number of hydrogen-bond acceptors (Lipinski definition) is 6. The number of nitrogens with one attached hydrogen (secondary N) is 2. The first-order valence-corrected chi connectivity index (χ1v) is 8.25. The highest BCUT2D eigenvalue weighted by Crippen LogP contribution is 2.21. The predicted octanol–water partition coefficient (Wildman–Crippen LogP) is -0.124. The summed E-state index contributed by atoms with van der Waals surface area (Å²) in [5.74, 6) is -1.86. The van der Waals surface area contributed by atoms with Gasteiger partial charge in [0.1, 0.15) is 9.77 Å². The molecule has 0 aliphatic rings. The SMILES string of the molecule is COCCNC(=O)C(C)NS(=O)(=O)c1ccsc1C(=O)O. The maximum atomic E-state index is 12.1. The van der Waals surface area contributed by atoms with Gasteiger partial charge in [0.2, 0.25) is 15.9 Å². The summed E-state index contributed by atoms with van der Waals surface area (Å²) in [6.07, 6.45) is 0. The average molecular weight is 336 g/mol. The summed E-state index contributed by atoms with van der Waals surface area (Å²) >= 11 is 0.801. The molecule has 0 radical (unpaired) electrons. The van der Waals surface area contributed by atoms with Crippen LogP contribution in [0.3, 0.4) is 0 Å². The second-order valence-corrected chi connectivity index (χ2v) is 6.64. The molecular formula is C11H16N2O6S2. The molecule has 0 spiro atoms. The van der Waals surface area contributed by atoms with Crippen molar-refractivity contribution in [2.75, 3.05) is 20.3 Å². The minimum atomic E-state index is -4.08. The van der Waals surface area contributed by atoms with Crippen LogP contribution in [0.4, 0.5) is 0 Å². The van der Waals surface area contributed by atoms with Crippen molar-refractivity contribution in [2.24, 2.45) is 0 Å². The summed E-state index contributed by atoms with van der Waals surface area (Å²) in [7, 11) is -2.61. The quantitative estimate of drug-likeness (QED) is 0.569. The number of carboxylic acids is 1. The van der Waals surface area contributed by atoms with Crippen LogP contribution in [0.15, 0.2) is 16.3 Å². The van der Waals surface area contributed by atoms with Crippen molar-refractivity contribution in [2.45, 2.75) is 17.9 Å². The van der Waals surface area contributed by atoms with Crippen LogP contribution in [0.2, 0.25) is 0 Å². The number of thiophene rings is 1. The highest BCUT2D eigenvalue weighted by molar-refractivity contribution is 7.89. The molecule has 8 nitrogen and oxygen atoms in total. The summed E-state index contributed by atoms with van der Waals surface area (Å²) in [5, 5.41) is 12.8. The molecule has 21 heavy (non-hydrogen) atoms. The molecule has 0 saturated carbocycles. The Labute approximate surface area is 126 Å². The lowest BCUT2D eigenvalue weighted by Crippen LogP contribution is -2.45. The van der Waals surface area contributed by atoms with Gasteiger partial charge in [-0.2, -0.15) is 4.72 Å². The van der Waals surface area contributed by atoms with Gasteiger partial charge in [0.05, 0.1) is 12.6 Å². The number of methoxy groups -OCH3 is 1. The van der Waals surface area contributed by atoms with Crippen LogP contribution in [0.5, 0.6) is 0 Å². The number of amides is 1. The fraction of sp³-hybridized carbons (Fsp3) is 0.455. The van der Waals surface area contributed by atoms with Crippen molar-refractivity contribution in [3.8, 4) is 0 Å². The number of ether oxygens (including phenoxy) is 1. The van der Waals surface area contributed by atoms with E-state index in [-0.39, 0.29) is 16.3 Å². The molecule has 1 amide bonds. The van der Waals surface area contributed by atoms with Crippen molar-refractivity contribution in [1.82, 2.24) is 10.0 Å². The molecule has 1 heterocycles. The first-order chi connectivity index (χ1) is 9.79. The van der Waals surface area contributed by atoms with Crippen LogP contribution in [-0.4, -0.2) is 51.7 Å². The summed E-state index contributed by atoms with van der Waals surface area (Å²) in [6, 6.07) is 0.153. The molecule has 1 aromatic rings. The molecule has 0 aromatic carbocycles. The lowest BCUT2D eigenvalue weighted by Gasteiger charge is -2.14. The fourth-order valence-corrected chi connectivity index (χ4v) is 3.91. The van der Waals surface area contributed by atoms with Crippen LogP contribution >= 0.6 is 11.3 Å². The van der Waals surface area contributed by atoms with E-state index in [1.165, 1.54) is 25.5 Å². The van der Waals surface area contributed by atoms with Gasteiger partial charge in [-0.05, 0) is 18.4 Å². The van der Waals surface area contributed by atoms with E-state index in [0.717, 1.165) is 11.3 Å². The Morgan fingerprint density at radius 3 is 2.71 bits per heavy atom. The number of carboxylic acid groups (broad SMARTS) is 1. The summed E-state index contributed by atoms with van der Waals surface area (Å²) < 4.78 is 31.1. The zero-order valence-electron chi connectivity index (χ0n) is 11.5. The van der Waals surface area contributed by atoms with Gasteiger partial charge in [0, 0.05) is 13.7 Å². The van der Waals surface area contributed by atoms with E-state index >= 15 is 0 Å². The second-order valence-electron chi connectivity index (χ2n) is 4.05. The van der Waals surface area contributed by atoms with Gasteiger partial charge in [-0.25, -0.2) is 13.2 Å². The number of rotatable bonds is 8. The van der Waals surface area contributed by atoms with Crippen LogP contribution in [0, 0.1) is 0 Å². The fourth-order valence-electron chi connectivity index (χ4n) is 1.44. The Hall–Kier alpha value is -1.49. The number of carbonyl (C=O) groups is 2. The molecule has 3 N–H and O–H groups in total. The molecule has 1 aromatic heterocycles. The van der Waals surface area contributed by atoms with Crippen molar-refractivity contribution < 1.29 is 27.9 Å². The molecule has 1 rings (SSSR count). The molecule has 0 bridgehead atoms. The van der Waals surface area contributed by atoms with Crippen LogP contribution < -0.4 is 10.0 Å². The van der Waals surface area contributed by atoms with E-state index in [2.05, 4.69) is 10.0 Å². The van der Waals surface area contributed by atoms with E-state index in [4.69, 9.17) is 9.84 Å². The van der Waals surface area contributed by atoms with E-state index < -0.39 is 27.9 Å². The van der Waals surface area contributed by atoms with Gasteiger partial charge in [0.25, 0.3) is 0 Å². The third kappa shape index (κ3) is 4.77. The second kappa shape index (κ2) is 7.50. The van der Waals surface area contributed by atoms with E-state index in [0.29, 0.717) is 6.61 Å². The third-order valence-electron chi connectivity index (χ3n) is 2.44. The van der Waals surface area contributed by atoms with Crippen molar-refractivity contribution in [3.63, 3.8) is 0 Å². The Kier molecular flexibility index (Phi) is 6.27. The molecule has 10 heteroatoms. The largest absolute Gasteiger partial charge is 0.477 e. The van der Waals surface area contributed by atoms with Crippen LogP contribution in [0.25, 0.3) is 0 Å². The van der Waals surface area contributed by atoms with Gasteiger partial charge in [-0.1, -0.05) is 0 Å². The molecular weight excluding hydrogens is 320 g/mol. The molecule has 0 aliphatic carbocycles. The first kappa shape index (κ1) is 17.6. The molecule has 118 valence electrons. The molecule has 1 atom stereocenters. The standard InChI is InChI=1S/C11H16N2O6S2/c1-7(10(14)12-4-5-19-2)13-21(17,18)8-3-6-20-9(8)11(15)16/h3,6-7,13H,4-5H2,1-2H3,(H,12,14)(H,15,16). The molecule has 0 saturated heterocycles. The van der Waals surface area contributed by atoms with Crippen molar-refractivity contribution in [3.05, 3.63) is 16.3 Å². The molecule has 0 fully saturated rings. The smallest absolute Gasteiger partial charge is 0.347 e. The molecule has 1 unspecified atom stereocenters. The number of hydrogen-bond donors (Lipinski definition) is 3. The zero-order valence-corrected chi connectivity index (χ0v) is 13.1. The normalized spacial score (nSPS) is 12.9. The van der Waals surface area contributed by atoms with Gasteiger partial charge in [-0.15, -0.1) is 11.3 Å². The third-order valence-corrected chi connectivity index (χ3v) is 5.06. The monoisotopic (exact) mass is 336 g/mol. The predicted molar refractivity (Wildman–Crippen MR) is 75.9 cm³/mol. The highest BCUT2D eigenvalue weighted by Gasteiger charge is 2.27. The molecule has 0 aliphatic heterocycles. The minimum absolute atomic E-state index is 0.250. The number of carbonyl (C=O) groups excluding carboxylic acids is 1. The Bertz CT molecular complexity index is 610. The highest BCUT2D eigenvalue weighted by atomic mass is 32.2. The average Bonchev–Trinajstić information content (AvgIpc) is 2.88. The maximum absolute atomic E-state index is 12.1. The minimum Gasteiger partial charge on any atom is -0.477 e. The summed E-state index contributed by atoms with van der Waals surface area (Å²) in [6.45, 7) is 1.92. The number of aromatic carboxylic acids is 1. The lowest BCUT2D eigenvalue weighted by atomic mass is 10.3. The first-order valence-electron chi connectivity index (χ1n) is 5.89. The van der Waals surface area contributed by atoms with Gasteiger partial charge in [0.15, 0.2) is 0 Å². The van der Waals surface area contributed by atoms with E-state index in [1.807, 2.05) is 0 Å². The summed E-state index contributed by atoms with van der Waals surface area (Å²) in [5.41, 5.74) is 0. The van der Waals surface area contributed by atoms with E-state index in [1.54, 1.807) is 0 Å². The lowest BCUT2D eigenvalue weighted by molar-refractivity contribution is -0.122. The Morgan fingerprint density at radius 2 is 2.14 bits per heavy atom. The zero-order chi connectivity index (χ0) is 16.0. The van der Waals surface area contributed by atoms with Crippen molar-refractivity contribution >= 4 is 33.2 Å². The van der Waals surface area contributed by atoms with Crippen LogP contribution in [-0.2, 0) is 19.6 Å². The van der Waals surface area contributed by atoms with Gasteiger partial charge < -0.3 is 15.2 Å². The Morgan fingerprint density at radius 1 is 1.48 bits per heavy atom. The summed E-state index contributed by atoms with van der Waals surface area (Å²) in [4.78, 5) is 22.0. The number of sulfonamides is 1. The topological polar surface area (TPSA) is 122 Å². The van der Waals surface area contributed by atoms with Crippen molar-refractivity contribution in [1.29, 1.82) is 0 Å². The van der Waals surface area contributed by atoms with Gasteiger partial charge in [-0.3, -0.25) is 4.79 Å². The maximum Gasteiger partial charge on any atom is 0.347 e. The Balaban J connectivity index is 2.78.